The highest BCUT2D eigenvalue weighted by molar-refractivity contribution is 7.17. The van der Waals surface area contributed by atoms with Crippen LogP contribution in [0.3, 0.4) is 0 Å². The molecule has 0 spiro atoms. The number of thiophene rings is 2. The molecule has 0 radical (unpaired) electrons. The molecule has 4 N–H and O–H groups in total. The largest absolute Gasteiger partial charge is 0.351 e. The summed E-state index contributed by atoms with van der Waals surface area (Å²) in [6, 6.07) is 10.4. The van der Waals surface area contributed by atoms with Crippen LogP contribution in [0.4, 0.5) is 4.79 Å². The lowest BCUT2D eigenvalue weighted by Crippen LogP contribution is -2.24. The van der Waals surface area contributed by atoms with Gasteiger partial charge in [-0.25, -0.2) is 23.8 Å². The quantitative estimate of drug-likeness (QED) is 0.0907. The number of nitrogens with zero attached hydrogens (tertiary/aromatic N) is 6. The van der Waals surface area contributed by atoms with Gasteiger partial charge in [-0.2, -0.15) is 10.2 Å². The smallest absolute Gasteiger partial charge is 0.326 e. The fraction of sp³-hybridized carbons (Fsp3) is 0.229. The molecule has 15 nitrogen and oxygen atoms in total. The predicted octanol–water partition coefficient (Wildman–Crippen LogP) is 4.19. The van der Waals surface area contributed by atoms with E-state index in [1.165, 1.54) is 60.6 Å². The third kappa shape index (κ3) is 7.22. The molecular formula is C35H30N10O5S2. The molecule has 6 aromatic heterocycles. The second-order valence-electron chi connectivity index (χ2n) is 12.6. The topological polar surface area (TPSA) is 194 Å². The van der Waals surface area contributed by atoms with Gasteiger partial charge in [-0.1, -0.05) is 0 Å². The fourth-order valence-corrected chi connectivity index (χ4v) is 7.14. The van der Waals surface area contributed by atoms with Crippen LogP contribution in [0.5, 0.6) is 0 Å². The molecule has 2 aliphatic carbocycles. The minimum Gasteiger partial charge on any atom is -0.351 e. The average molecular weight is 735 g/mol. The Labute approximate surface area is 303 Å². The number of aldehydes is 1. The molecule has 1 saturated heterocycles. The minimum absolute atomic E-state index is 0.0350. The number of hydrogen-bond donors (Lipinski definition) is 4. The summed E-state index contributed by atoms with van der Waals surface area (Å²) in [7, 11) is 0. The average Bonchev–Trinajstić information content (AvgIpc) is 3.82. The summed E-state index contributed by atoms with van der Waals surface area (Å²) in [6.45, 7) is 1.49. The Balaban J connectivity index is 0.000000153. The van der Waals surface area contributed by atoms with Crippen molar-refractivity contribution in [1.82, 2.24) is 50.5 Å². The molecule has 17 heteroatoms. The van der Waals surface area contributed by atoms with Crippen LogP contribution in [-0.4, -0.2) is 72.3 Å². The van der Waals surface area contributed by atoms with Crippen molar-refractivity contribution in [2.24, 2.45) is 11.8 Å². The summed E-state index contributed by atoms with van der Waals surface area (Å²) in [5.41, 5.74) is 3.67. The van der Waals surface area contributed by atoms with Crippen molar-refractivity contribution < 1.29 is 24.0 Å². The van der Waals surface area contributed by atoms with Crippen LogP contribution in [0.1, 0.15) is 60.9 Å². The van der Waals surface area contributed by atoms with Gasteiger partial charge in [-0.05, 0) is 80.0 Å². The van der Waals surface area contributed by atoms with Crippen LogP contribution in [0.15, 0.2) is 66.9 Å². The number of carbonyl (C=O) groups excluding carboxylic acids is 5. The van der Waals surface area contributed by atoms with Crippen LogP contribution in [0.25, 0.3) is 38.5 Å². The van der Waals surface area contributed by atoms with Gasteiger partial charge < -0.3 is 16.0 Å². The van der Waals surface area contributed by atoms with Crippen molar-refractivity contribution in [3.63, 3.8) is 0 Å². The monoisotopic (exact) mass is 734 g/mol. The van der Waals surface area contributed by atoms with E-state index in [4.69, 9.17) is 0 Å². The standard InChI is InChI=1S/C19H16N6O3S.C16H14N4O2S/c26-17-13(23-19(28)24-17)7-11-9-21-25-6-5-12(22-16(11)25)14-3-4-15(29-14)18(27)20-8-10-1-2-10;21-9-11-8-18-20-6-5-12(19-15(11)20)13-3-4-14(23-13)16(22)17-7-10-1-2-10/h3-7,9-10H,1-2,8H2,(H,20,27)(H2,23,24,26,28);3-6,8-10H,1-2,7H2,(H,17,22)/b13-7+;. The SMILES string of the molecule is O=C1NC(=O)/C(=C\c2cnn3ccc(-c4ccc(C(=O)NCC5CC5)s4)nc23)N1.O=Cc1cnn2ccc(-c3ccc(C(=O)NCC4CC4)s3)nc12. The third-order valence-corrected chi connectivity index (χ3v) is 10.8. The van der Waals surface area contributed by atoms with Crippen LogP contribution >= 0.6 is 22.7 Å². The Morgan fingerprint density at radius 1 is 0.750 bits per heavy atom. The minimum atomic E-state index is -0.558. The van der Waals surface area contributed by atoms with Crippen LogP contribution in [0.2, 0.25) is 0 Å². The molecule has 0 aromatic carbocycles. The highest BCUT2D eigenvalue weighted by atomic mass is 32.1. The number of fused-ring (bicyclic) bond motifs is 2. The van der Waals surface area contributed by atoms with Gasteiger partial charge in [0.05, 0.1) is 48.9 Å². The van der Waals surface area contributed by atoms with E-state index in [2.05, 4.69) is 41.4 Å². The number of carbonyl (C=O) groups is 5. The molecule has 0 bridgehead atoms. The fourth-order valence-electron chi connectivity index (χ4n) is 5.36. The summed E-state index contributed by atoms with van der Waals surface area (Å²) in [6.07, 6.45) is 13.7. The van der Waals surface area contributed by atoms with E-state index in [1.54, 1.807) is 33.7 Å². The first-order valence-electron chi connectivity index (χ1n) is 16.6. The van der Waals surface area contributed by atoms with E-state index in [0.717, 1.165) is 34.8 Å². The van der Waals surface area contributed by atoms with Gasteiger partial charge in [0.25, 0.3) is 17.7 Å². The molecule has 3 aliphatic rings. The van der Waals surface area contributed by atoms with Crippen molar-refractivity contribution in [2.45, 2.75) is 25.7 Å². The zero-order valence-electron chi connectivity index (χ0n) is 27.4. The van der Waals surface area contributed by atoms with E-state index in [9.17, 15) is 24.0 Å². The molecule has 1 aliphatic heterocycles. The normalized spacial score (nSPS) is 16.0. The summed E-state index contributed by atoms with van der Waals surface area (Å²) in [5.74, 6) is 0.694. The van der Waals surface area contributed by atoms with Crippen LogP contribution in [-0.2, 0) is 4.79 Å². The summed E-state index contributed by atoms with van der Waals surface area (Å²) >= 11 is 2.77. The lowest BCUT2D eigenvalue weighted by Gasteiger charge is -2.01. The maximum Gasteiger partial charge on any atom is 0.326 e. The number of imide groups is 1. The Morgan fingerprint density at radius 3 is 1.75 bits per heavy atom. The molecule has 3 fully saturated rings. The highest BCUT2D eigenvalue weighted by Crippen LogP contribution is 2.31. The Bertz CT molecular complexity index is 2420. The first-order chi connectivity index (χ1) is 25.3. The van der Waals surface area contributed by atoms with Gasteiger partial charge in [-0.3, -0.25) is 24.5 Å². The number of aromatic nitrogens is 6. The maximum atomic E-state index is 12.3. The molecular weight excluding hydrogens is 705 g/mol. The second kappa shape index (κ2) is 13.9. The van der Waals surface area contributed by atoms with Crippen LogP contribution < -0.4 is 21.3 Å². The van der Waals surface area contributed by atoms with Gasteiger partial charge in [0.1, 0.15) is 5.70 Å². The molecule has 6 aromatic rings. The third-order valence-electron chi connectivity index (χ3n) is 8.60. The molecule has 7 heterocycles. The molecule has 262 valence electrons. The van der Waals surface area contributed by atoms with E-state index in [-0.39, 0.29) is 17.5 Å². The Hall–Kier alpha value is -6.07. The van der Waals surface area contributed by atoms with E-state index >= 15 is 0 Å². The van der Waals surface area contributed by atoms with Crippen molar-refractivity contribution in [2.75, 3.05) is 13.1 Å². The molecule has 5 amide bonds. The Morgan fingerprint density at radius 2 is 1.27 bits per heavy atom. The molecule has 52 heavy (non-hydrogen) atoms. The lowest BCUT2D eigenvalue weighted by molar-refractivity contribution is -0.115. The zero-order valence-corrected chi connectivity index (χ0v) is 29.0. The number of rotatable bonds is 10. The van der Waals surface area contributed by atoms with Gasteiger partial charge in [0, 0.05) is 31.0 Å². The van der Waals surface area contributed by atoms with Crippen LogP contribution in [0, 0.1) is 11.8 Å². The summed E-state index contributed by atoms with van der Waals surface area (Å²) < 4.78 is 3.14. The second-order valence-corrected chi connectivity index (χ2v) is 14.7. The number of urea groups is 1. The van der Waals surface area contributed by atoms with Crippen molar-refractivity contribution in [3.05, 3.63) is 87.8 Å². The number of amides is 5. The van der Waals surface area contributed by atoms with E-state index in [0.29, 0.717) is 49.7 Å². The zero-order chi connectivity index (χ0) is 35.8. The van der Waals surface area contributed by atoms with E-state index in [1.807, 2.05) is 30.3 Å². The van der Waals surface area contributed by atoms with Gasteiger partial charge >= 0.3 is 6.03 Å². The number of hydrogen-bond acceptors (Lipinski definition) is 11. The molecule has 2 saturated carbocycles. The van der Waals surface area contributed by atoms with Gasteiger partial charge in [0.15, 0.2) is 17.6 Å². The van der Waals surface area contributed by atoms with E-state index < -0.39 is 11.9 Å². The van der Waals surface area contributed by atoms with Crippen molar-refractivity contribution in [1.29, 1.82) is 0 Å². The van der Waals surface area contributed by atoms with Crippen molar-refractivity contribution in [3.8, 4) is 21.1 Å². The summed E-state index contributed by atoms with van der Waals surface area (Å²) in [5, 5.41) is 18.8. The van der Waals surface area contributed by atoms with Gasteiger partial charge in [0.2, 0.25) is 0 Å². The van der Waals surface area contributed by atoms with Crippen molar-refractivity contribution >= 4 is 70.1 Å². The number of nitrogens with one attached hydrogen (secondary N) is 4. The first-order valence-corrected chi connectivity index (χ1v) is 18.2. The van der Waals surface area contributed by atoms with Gasteiger partial charge in [-0.15, -0.1) is 22.7 Å². The predicted molar refractivity (Wildman–Crippen MR) is 193 cm³/mol. The molecule has 0 atom stereocenters. The lowest BCUT2D eigenvalue weighted by atomic mass is 10.2. The first kappa shape index (κ1) is 33.1. The maximum absolute atomic E-state index is 12.3. The molecule has 0 unspecified atom stereocenters. The highest BCUT2D eigenvalue weighted by Gasteiger charge is 2.25. The molecule has 9 rings (SSSR count). The summed E-state index contributed by atoms with van der Waals surface area (Å²) in [4.78, 5) is 70.6. The Kier molecular flexibility index (Phi) is 8.86.